The monoisotopic (exact) mass is 543 g/mol. The number of aliphatic hydroxyl groups excluding tert-OH is 1. The molecule has 2 aromatic rings. The van der Waals surface area contributed by atoms with Gasteiger partial charge in [-0.25, -0.2) is 14.8 Å². The highest BCUT2D eigenvalue weighted by Gasteiger charge is 2.43. The molecule has 0 spiro atoms. The minimum absolute atomic E-state index is 0.00890. The van der Waals surface area contributed by atoms with Crippen LogP contribution in [0.25, 0.3) is 0 Å². The summed E-state index contributed by atoms with van der Waals surface area (Å²) in [6.07, 6.45) is -5.25. The number of alkyl halides is 3. The maximum atomic E-state index is 15.3. The Balaban J connectivity index is 1.67. The lowest BCUT2D eigenvalue weighted by atomic mass is 9.88. The van der Waals surface area contributed by atoms with Gasteiger partial charge in [0.25, 0.3) is 0 Å². The molecule has 0 aliphatic carbocycles. The zero-order valence-corrected chi connectivity index (χ0v) is 21.7. The average molecular weight is 544 g/mol. The third kappa shape index (κ3) is 7.22. The Morgan fingerprint density at radius 1 is 1.24 bits per heavy atom. The molecule has 2 atom stereocenters. The standard InChI is InChI=1S/C25H33F4N5O4/c1-5-33(12-16-6-8-17(9-7-16)25(27,28)29)21-19(26)20(31-15-32-21)30-14-24(37)10-11-34(13-18(24)35)22(36)38-23(2,3)4/h6-9,15,18,35,37H,5,10-14H2,1-4H3,(H,30,31,32)/t18-,24-/m0/s1. The highest BCUT2D eigenvalue weighted by atomic mass is 19.4. The first-order valence-electron chi connectivity index (χ1n) is 12.2. The van der Waals surface area contributed by atoms with Crippen LogP contribution < -0.4 is 10.2 Å². The third-order valence-corrected chi connectivity index (χ3v) is 6.15. The second-order valence-corrected chi connectivity index (χ2v) is 10.2. The fourth-order valence-electron chi connectivity index (χ4n) is 3.96. The van der Waals surface area contributed by atoms with Crippen molar-refractivity contribution in [1.29, 1.82) is 0 Å². The highest BCUT2D eigenvalue weighted by Crippen LogP contribution is 2.30. The number of carbonyl (C=O) groups excluding carboxylic acids is 1. The van der Waals surface area contributed by atoms with E-state index in [2.05, 4.69) is 15.3 Å². The van der Waals surface area contributed by atoms with Crippen LogP contribution in [0, 0.1) is 5.82 Å². The fourth-order valence-corrected chi connectivity index (χ4v) is 3.96. The number of β-amino-alcohol motifs (C(OH)–C–C–N with tert-alkyl or cyclic N) is 1. The predicted octanol–water partition coefficient (Wildman–Crippen LogP) is 3.81. The summed E-state index contributed by atoms with van der Waals surface area (Å²) in [5, 5.41) is 24.3. The summed E-state index contributed by atoms with van der Waals surface area (Å²) in [5.74, 6) is -1.10. The molecule has 3 rings (SSSR count). The van der Waals surface area contributed by atoms with E-state index in [1.807, 2.05) is 0 Å². The first-order chi connectivity index (χ1) is 17.6. The van der Waals surface area contributed by atoms with E-state index >= 15 is 4.39 Å². The second-order valence-electron chi connectivity index (χ2n) is 10.2. The minimum Gasteiger partial charge on any atom is -0.444 e. The molecular formula is C25H33F4N5O4. The van der Waals surface area contributed by atoms with E-state index in [0.717, 1.165) is 18.5 Å². The number of amides is 1. The van der Waals surface area contributed by atoms with Crippen LogP contribution in [0.15, 0.2) is 30.6 Å². The zero-order chi connectivity index (χ0) is 28.3. The Morgan fingerprint density at radius 2 is 1.89 bits per heavy atom. The van der Waals surface area contributed by atoms with E-state index in [1.54, 1.807) is 27.7 Å². The molecule has 1 amide bonds. The van der Waals surface area contributed by atoms with Crippen molar-refractivity contribution in [1.82, 2.24) is 14.9 Å². The van der Waals surface area contributed by atoms with E-state index in [0.29, 0.717) is 12.1 Å². The van der Waals surface area contributed by atoms with Crippen LogP contribution in [-0.4, -0.2) is 74.7 Å². The molecule has 3 N–H and O–H groups in total. The van der Waals surface area contributed by atoms with Crippen LogP contribution in [0.3, 0.4) is 0 Å². The molecule has 38 heavy (non-hydrogen) atoms. The summed E-state index contributed by atoms with van der Waals surface area (Å²) in [6, 6.07) is 4.58. The molecule has 1 saturated heterocycles. The van der Waals surface area contributed by atoms with Gasteiger partial charge in [0.05, 0.1) is 12.1 Å². The van der Waals surface area contributed by atoms with Gasteiger partial charge in [-0.15, -0.1) is 0 Å². The van der Waals surface area contributed by atoms with Gasteiger partial charge in [-0.2, -0.15) is 17.6 Å². The summed E-state index contributed by atoms with van der Waals surface area (Å²) >= 11 is 0. The van der Waals surface area contributed by atoms with Crippen LogP contribution in [0.1, 0.15) is 45.2 Å². The Morgan fingerprint density at radius 3 is 2.45 bits per heavy atom. The lowest BCUT2D eigenvalue weighted by Gasteiger charge is -2.42. The summed E-state index contributed by atoms with van der Waals surface area (Å²) in [6.45, 7) is 7.02. The van der Waals surface area contributed by atoms with Crippen molar-refractivity contribution in [3.8, 4) is 0 Å². The first-order valence-corrected chi connectivity index (χ1v) is 12.2. The van der Waals surface area contributed by atoms with Gasteiger partial charge in [-0.05, 0) is 51.8 Å². The molecule has 0 radical (unpaired) electrons. The molecular weight excluding hydrogens is 510 g/mol. The molecule has 0 saturated carbocycles. The van der Waals surface area contributed by atoms with E-state index in [1.165, 1.54) is 21.9 Å². The van der Waals surface area contributed by atoms with Gasteiger partial charge >= 0.3 is 12.3 Å². The van der Waals surface area contributed by atoms with Gasteiger partial charge in [-0.1, -0.05) is 12.1 Å². The first kappa shape index (κ1) is 29.4. The van der Waals surface area contributed by atoms with Crippen molar-refractivity contribution in [3.05, 3.63) is 47.5 Å². The number of nitrogens with zero attached hydrogens (tertiary/aromatic N) is 4. The summed E-state index contributed by atoms with van der Waals surface area (Å²) in [4.78, 5) is 23.0. The van der Waals surface area contributed by atoms with E-state index in [4.69, 9.17) is 4.74 Å². The maximum absolute atomic E-state index is 15.3. The van der Waals surface area contributed by atoms with Gasteiger partial charge in [0.1, 0.15) is 23.6 Å². The number of nitrogens with one attached hydrogen (secondary N) is 1. The Labute approximate surface area is 218 Å². The quantitative estimate of drug-likeness (QED) is 0.453. The van der Waals surface area contributed by atoms with Crippen LogP contribution in [0.4, 0.5) is 34.0 Å². The third-order valence-electron chi connectivity index (χ3n) is 6.15. The maximum Gasteiger partial charge on any atom is 0.416 e. The number of rotatable bonds is 7. The molecule has 1 aliphatic rings. The number of hydrogen-bond acceptors (Lipinski definition) is 8. The van der Waals surface area contributed by atoms with Crippen molar-refractivity contribution in [3.63, 3.8) is 0 Å². The van der Waals surface area contributed by atoms with Crippen LogP contribution in [0.2, 0.25) is 0 Å². The number of piperidine rings is 1. The zero-order valence-electron chi connectivity index (χ0n) is 21.7. The van der Waals surface area contributed by atoms with Crippen molar-refractivity contribution in [2.45, 2.75) is 64.1 Å². The predicted molar refractivity (Wildman–Crippen MR) is 132 cm³/mol. The second kappa shape index (κ2) is 11.3. The molecule has 9 nitrogen and oxygen atoms in total. The number of ether oxygens (including phenoxy) is 1. The summed E-state index contributed by atoms with van der Waals surface area (Å²) < 4.78 is 59.2. The molecule has 2 heterocycles. The Kier molecular flexibility index (Phi) is 8.72. The van der Waals surface area contributed by atoms with Gasteiger partial charge in [0.15, 0.2) is 11.6 Å². The van der Waals surface area contributed by atoms with Crippen molar-refractivity contribution in [2.24, 2.45) is 0 Å². The number of aliphatic hydroxyl groups is 2. The topological polar surface area (TPSA) is 111 Å². The smallest absolute Gasteiger partial charge is 0.416 e. The van der Waals surface area contributed by atoms with Gasteiger partial charge in [0, 0.05) is 26.2 Å². The molecule has 1 fully saturated rings. The van der Waals surface area contributed by atoms with E-state index < -0.39 is 41.0 Å². The Hall–Kier alpha value is -3.19. The minimum atomic E-state index is -4.45. The van der Waals surface area contributed by atoms with Crippen LogP contribution >= 0.6 is 0 Å². The fraction of sp³-hybridized carbons (Fsp3) is 0.560. The highest BCUT2D eigenvalue weighted by molar-refractivity contribution is 5.68. The molecule has 1 aromatic heterocycles. The largest absolute Gasteiger partial charge is 0.444 e. The molecule has 210 valence electrons. The number of likely N-dealkylation sites (tertiary alicyclic amines) is 1. The number of halogens is 4. The Bertz CT molecular complexity index is 1110. The van der Waals surface area contributed by atoms with Gasteiger partial charge < -0.3 is 30.1 Å². The summed E-state index contributed by atoms with van der Waals surface area (Å²) in [5.41, 5.74) is -2.62. The molecule has 0 bridgehead atoms. The van der Waals surface area contributed by atoms with E-state index in [-0.39, 0.29) is 44.2 Å². The van der Waals surface area contributed by atoms with Crippen molar-refractivity contribution in [2.75, 3.05) is 36.4 Å². The number of benzene rings is 1. The molecule has 13 heteroatoms. The molecule has 1 aliphatic heterocycles. The lowest BCUT2D eigenvalue weighted by Crippen LogP contribution is -2.60. The number of anilines is 2. The van der Waals surface area contributed by atoms with Crippen molar-refractivity contribution < 1.29 is 37.3 Å². The van der Waals surface area contributed by atoms with E-state index in [9.17, 15) is 28.2 Å². The molecule has 1 aromatic carbocycles. The van der Waals surface area contributed by atoms with Crippen molar-refractivity contribution >= 4 is 17.7 Å². The van der Waals surface area contributed by atoms with Gasteiger partial charge in [-0.3, -0.25) is 0 Å². The number of carbonyl (C=O) groups is 1. The summed E-state index contributed by atoms with van der Waals surface area (Å²) in [7, 11) is 0. The van der Waals surface area contributed by atoms with Crippen LogP contribution in [-0.2, 0) is 17.5 Å². The van der Waals surface area contributed by atoms with Crippen LogP contribution in [0.5, 0.6) is 0 Å². The number of hydrogen-bond donors (Lipinski definition) is 3. The molecule has 0 unspecified atom stereocenters. The SMILES string of the molecule is CCN(Cc1ccc(C(F)(F)F)cc1)c1ncnc(NC[C@@]2(O)CCN(C(=O)OC(C)(C)C)C[C@@H]2O)c1F. The lowest BCUT2D eigenvalue weighted by molar-refractivity contribution is -0.137. The average Bonchev–Trinajstić information content (AvgIpc) is 2.82. The van der Waals surface area contributed by atoms with Gasteiger partial charge in [0.2, 0.25) is 5.82 Å². The normalized spacial score (nSPS) is 20.3. The number of aromatic nitrogens is 2.